The number of allylic oxidation sites excluding steroid dienone is 1. The van der Waals surface area contributed by atoms with Crippen molar-refractivity contribution in [3.05, 3.63) is 70.3 Å². The van der Waals surface area contributed by atoms with Gasteiger partial charge in [-0.1, -0.05) is 30.7 Å². The van der Waals surface area contributed by atoms with E-state index in [0.717, 1.165) is 55.9 Å². The number of hydrogen-bond donors (Lipinski definition) is 1. The number of sulfonamides is 1. The molecule has 1 saturated carbocycles. The van der Waals surface area contributed by atoms with E-state index in [4.69, 9.17) is 21.1 Å². The molecule has 7 atom stereocenters. The fourth-order valence-electron chi connectivity index (χ4n) is 10.3. The van der Waals surface area contributed by atoms with Crippen LogP contribution < -0.4 is 14.4 Å². The van der Waals surface area contributed by atoms with E-state index in [1.165, 1.54) is 11.1 Å². The molecule has 1 N–H and O–H groups in total. The van der Waals surface area contributed by atoms with E-state index in [1.807, 2.05) is 26.0 Å². The molecule has 1 spiro atoms. The van der Waals surface area contributed by atoms with Crippen molar-refractivity contribution in [3.8, 4) is 5.75 Å². The molecule has 2 saturated heterocycles. The average Bonchev–Trinajstić information content (AvgIpc) is 3.28. The van der Waals surface area contributed by atoms with Gasteiger partial charge in [0.05, 0.1) is 29.0 Å². The highest BCUT2D eigenvalue weighted by molar-refractivity contribution is 7.91. The standard InChI is InChI=1S/C41H55ClN4O7S2/c1-4-53-41(46-18-17-44-19-20-54(48,49)25-34(44)24-46)16-5-7-28(2)29(3)55(50,51)43-39(47)31-10-14-38-37(22-31)45(23-32-9-12-36(32)41)26-40(27-52-38)15-6-8-30-21-33(42)11-13-35(30)40/h5,10-11,13-14,16,21-22,28-29,32,34,36H,4,6-9,12,15,17-20,23-27H2,1-3H3,(H,43,47)/b16-5+/t28-,29+,32-,34+,36+,40-,41+/m0/s1. The van der Waals surface area contributed by atoms with Gasteiger partial charge in [0.2, 0.25) is 10.0 Å². The van der Waals surface area contributed by atoms with Crippen LogP contribution in [0.5, 0.6) is 5.75 Å². The minimum absolute atomic E-state index is 0.0901. The Balaban J connectivity index is 1.23. The van der Waals surface area contributed by atoms with E-state index in [-0.39, 0.29) is 46.3 Å². The number of halogens is 1. The first-order valence-corrected chi connectivity index (χ1v) is 23.8. The molecule has 1 amide bonds. The van der Waals surface area contributed by atoms with Crippen molar-refractivity contribution in [3.63, 3.8) is 0 Å². The number of aryl methyl sites for hydroxylation is 1. The molecule has 3 fully saturated rings. The number of nitrogens with zero attached hydrogens (tertiary/aromatic N) is 3. The van der Waals surface area contributed by atoms with E-state index in [2.05, 4.69) is 43.7 Å². The quantitative estimate of drug-likeness (QED) is 0.422. The van der Waals surface area contributed by atoms with Crippen LogP contribution in [0, 0.1) is 17.8 Å². The van der Waals surface area contributed by atoms with Gasteiger partial charge in [-0.2, -0.15) is 0 Å². The summed E-state index contributed by atoms with van der Waals surface area (Å²) in [6.07, 6.45) is 9.50. The molecular formula is C41H55ClN4O7S2. The molecule has 4 aliphatic heterocycles. The fourth-order valence-corrected chi connectivity index (χ4v) is 13.4. The van der Waals surface area contributed by atoms with Crippen LogP contribution in [0.25, 0.3) is 0 Å². The van der Waals surface area contributed by atoms with Crippen LogP contribution in [0.2, 0.25) is 5.02 Å². The van der Waals surface area contributed by atoms with Gasteiger partial charge in [-0.25, -0.2) is 21.6 Å². The summed E-state index contributed by atoms with van der Waals surface area (Å²) < 4.78 is 69.2. The molecule has 2 bridgehead atoms. The predicted molar refractivity (Wildman–Crippen MR) is 215 cm³/mol. The number of ether oxygens (including phenoxy) is 2. The van der Waals surface area contributed by atoms with Crippen molar-refractivity contribution in [2.45, 2.75) is 81.7 Å². The lowest BCUT2D eigenvalue weighted by Crippen LogP contribution is -2.68. The van der Waals surface area contributed by atoms with Crippen LogP contribution >= 0.6 is 11.6 Å². The van der Waals surface area contributed by atoms with Crippen molar-refractivity contribution in [2.24, 2.45) is 17.8 Å². The lowest BCUT2D eigenvalue weighted by atomic mass is 9.66. The second-order valence-corrected chi connectivity index (χ2v) is 21.7. The van der Waals surface area contributed by atoms with Gasteiger partial charge in [0.1, 0.15) is 11.5 Å². The summed E-state index contributed by atoms with van der Waals surface area (Å²) >= 11 is 6.51. The molecule has 6 aliphatic rings. The zero-order valence-corrected chi connectivity index (χ0v) is 34.6. The maximum Gasteiger partial charge on any atom is 0.264 e. The highest BCUT2D eigenvalue weighted by Gasteiger charge is 2.54. The predicted octanol–water partition coefficient (Wildman–Crippen LogP) is 5.03. The summed E-state index contributed by atoms with van der Waals surface area (Å²) in [7, 11) is -7.16. The van der Waals surface area contributed by atoms with Gasteiger partial charge in [-0.3, -0.25) is 14.6 Å². The minimum atomic E-state index is -4.02. The van der Waals surface area contributed by atoms with E-state index >= 15 is 0 Å². The number of carbonyl (C=O) groups is 1. The molecule has 11 nitrogen and oxygen atoms in total. The second kappa shape index (κ2) is 14.9. The van der Waals surface area contributed by atoms with Gasteiger partial charge < -0.3 is 14.4 Å². The summed E-state index contributed by atoms with van der Waals surface area (Å²) in [5.41, 5.74) is 2.39. The Labute approximate surface area is 331 Å². The number of benzene rings is 2. The van der Waals surface area contributed by atoms with Crippen LogP contribution in [0.4, 0.5) is 5.69 Å². The molecule has 8 rings (SSSR count). The number of rotatable bonds is 3. The molecule has 14 heteroatoms. The highest BCUT2D eigenvalue weighted by Crippen LogP contribution is 2.50. The van der Waals surface area contributed by atoms with Gasteiger partial charge >= 0.3 is 0 Å². The number of nitrogens with one attached hydrogen (secondary N) is 1. The van der Waals surface area contributed by atoms with Crippen molar-refractivity contribution < 1.29 is 31.1 Å². The number of carbonyl (C=O) groups excluding carboxylic acids is 1. The van der Waals surface area contributed by atoms with Crippen LogP contribution in [0.15, 0.2) is 48.6 Å². The summed E-state index contributed by atoms with van der Waals surface area (Å²) in [5.74, 6) is 0.361. The number of sulfone groups is 1. The van der Waals surface area contributed by atoms with Crippen LogP contribution in [0.1, 0.15) is 74.4 Å². The van der Waals surface area contributed by atoms with Crippen molar-refractivity contribution in [1.29, 1.82) is 0 Å². The zero-order chi connectivity index (χ0) is 38.8. The number of piperazine rings is 1. The molecule has 300 valence electrons. The molecular weight excluding hydrogens is 760 g/mol. The molecule has 55 heavy (non-hydrogen) atoms. The molecule has 2 aliphatic carbocycles. The fraction of sp³-hybridized carbons (Fsp3) is 0.634. The van der Waals surface area contributed by atoms with E-state index < -0.39 is 36.7 Å². The topological polar surface area (TPSA) is 126 Å². The average molecular weight is 815 g/mol. The normalized spacial score (nSPS) is 35.5. The van der Waals surface area contributed by atoms with Gasteiger partial charge in [-0.05, 0) is 112 Å². The zero-order valence-electron chi connectivity index (χ0n) is 32.2. The van der Waals surface area contributed by atoms with Crippen LogP contribution in [0.3, 0.4) is 0 Å². The Morgan fingerprint density at radius 1 is 1.04 bits per heavy atom. The Bertz CT molecular complexity index is 2060. The maximum atomic E-state index is 13.7. The first-order chi connectivity index (χ1) is 26.2. The van der Waals surface area contributed by atoms with E-state index in [1.54, 1.807) is 19.1 Å². The summed E-state index contributed by atoms with van der Waals surface area (Å²) in [4.78, 5) is 20.8. The van der Waals surface area contributed by atoms with Gasteiger partial charge in [0.15, 0.2) is 9.84 Å². The molecule has 2 aromatic carbocycles. The highest BCUT2D eigenvalue weighted by atomic mass is 35.5. The summed E-state index contributed by atoms with van der Waals surface area (Å²) in [5, 5.41) is -0.124. The van der Waals surface area contributed by atoms with Crippen LogP contribution in [-0.2, 0) is 36.4 Å². The van der Waals surface area contributed by atoms with E-state index in [0.29, 0.717) is 51.6 Å². The minimum Gasteiger partial charge on any atom is -0.490 e. The lowest BCUT2D eigenvalue weighted by Gasteiger charge is -2.57. The Morgan fingerprint density at radius 2 is 1.87 bits per heavy atom. The molecule has 0 radical (unpaired) electrons. The summed E-state index contributed by atoms with van der Waals surface area (Å²) in [6, 6.07) is 11.4. The first kappa shape index (κ1) is 39.2. The van der Waals surface area contributed by atoms with Crippen molar-refractivity contribution in [1.82, 2.24) is 14.5 Å². The smallest absolute Gasteiger partial charge is 0.264 e. The maximum absolute atomic E-state index is 13.7. The van der Waals surface area contributed by atoms with E-state index in [9.17, 15) is 21.6 Å². The van der Waals surface area contributed by atoms with Crippen molar-refractivity contribution >= 4 is 43.1 Å². The van der Waals surface area contributed by atoms with Gasteiger partial charge in [0.25, 0.3) is 5.91 Å². The third-order valence-electron chi connectivity index (χ3n) is 13.7. The Hall–Kier alpha value is -2.68. The SMILES string of the molecule is CCO[C@]1(N2CCN3CCS(=O)(=O)C[C@H]3C2)/C=C/C[C@H](C)[C@@H](C)S(=O)(=O)NC(=O)c2ccc3c(c2)N(C[C@@H]2CC[C@H]21)C[C@@]1(CCCc2cc(Cl)ccc21)CO3. The van der Waals surface area contributed by atoms with Crippen LogP contribution in [-0.4, -0.2) is 114 Å². The Kier molecular flexibility index (Phi) is 10.6. The molecule has 0 unspecified atom stereocenters. The largest absolute Gasteiger partial charge is 0.490 e. The van der Waals surface area contributed by atoms with Gasteiger partial charge in [0, 0.05) is 73.8 Å². The van der Waals surface area contributed by atoms with Crippen molar-refractivity contribution in [2.75, 3.05) is 68.9 Å². The second-order valence-electron chi connectivity index (χ2n) is 17.0. The molecule has 4 heterocycles. The third kappa shape index (κ3) is 7.35. The third-order valence-corrected chi connectivity index (χ3v) is 17.5. The first-order valence-electron chi connectivity index (χ1n) is 20.1. The Morgan fingerprint density at radius 3 is 2.65 bits per heavy atom. The lowest BCUT2D eigenvalue weighted by molar-refractivity contribution is -0.199. The molecule has 2 aromatic rings. The number of amides is 1. The van der Waals surface area contributed by atoms with Gasteiger partial charge in [-0.15, -0.1) is 0 Å². The number of fused-ring (bicyclic) bond motifs is 5. The molecule has 0 aromatic heterocycles. The number of anilines is 1. The monoisotopic (exact) mass is 814 g/mol. The number of hydrogen-bond acceptors (Lipinski definition) is 10. The summed E-state index contributed by atoms with van der Waals surface area (Å²) in [6.45, 7) is 10.5.